The Labute approximate surface area is 196 Å². The standard InChI is InChI=1S/C25H19ClN2O4S/c26-18-14-16-20(17-15-18)33(30,31)28-22-11-5-4-10-21(22)25(29)27-23-12-6-7-13-24(23)32-19-8-2-1-3-9-19/h1-17,28H,(H,27,29). The third-order valence-electron chi connectivity index (χ3n) is 4.65. The molecule has 166 valence electrons. The number of carbonyl (C=O) groups is 1. The summed E-state index contributed by atoms with van der Waals surface area (Å²) in [6.45, 7) is 0. The Morgan fingerprint density at radius 3 is 2.06 bits per heavy atom. The van der Waals surface area contributed by atoms with Gasteiger partial charge in [-0.15, -0.1) is 0 Å². The fourth-order valence-corrected chi connectivity index (χ4v) is 4.26. The molecular formula is C25H19ClN2O4S. The van der Waals surface area contributed by atoms with Gasteiger partial charge in [-0.05, 0) is 60.7 Å². The summed E-state index contributed by atoms with van der Waals surface area (Å²) in [5, 5.41) is 3.23. The molecule has 0 heterocycles. The molecule has 0 aliphatic carbocycles. The minimum absolute atomic E-state index is 0.0312. The SMILES string of the molecule is O=C(Nc1ccccc1Oc1ccccc1)c1ccccc1NS(=O)(=O)c1ccc(Cl)cc1. The highest BCUT2D eigenvalue weighted by atomic mass is 35.5. The van der Waals surface area contributed by atoms with E-state index in [1.807, 2.05) is 18.2 Å². The molecule has 4 aromatic carbocycles. The van der Waals surface area contributed by atoms with Crippen LogP contribution in [0.1, 0.15) is 10.4 Å². The molecular weight excluding hydrogens is 460 g/mol. The topological polar surface area (TPSA) is 84.5 Å². The summed E-state index contributed by atoms with van der Waals surface area (Å²) in [7, 11) is -3.92. The van der Waals surface area contributed by atoms with Gasteiger partial charge < -0.3 is 10.1 Å². The number of nitrogens with one attached hydrogen (secondary N) is 2. The van der Waals surface area contributed by atoms with Crippen molar-refractivity contribution in [1.82, 2.24) is 0 Å². The number of benzene rings is 4. The molecule has 1 amide bonds. The van der Waals surface area contributed by atoms with Crippen LogP contribution in [0.2, 0.25) is 5.02 Å². The van der Waals surface area contributed by atoms with Gasteiger partial charge in [0.25, 0.3) is 15.9 Å². The van der Waals surface area contributed by atoms with E-state index in [1.165, 1.54) is 36.4 Å². The van der Waals surface area contributed by atoms with E-state index in [0.29, 0.717) is 22.2 Å². The summed E-state index contributed by atoms with van der Waals surface area (Å²) in [6.07, 6.45) is 0. The van der Waals surface area contributed by atoms with Crippen LogP contribution in [0.4, 0.5) is 11.4 Å². The van der Waals surface area contributed by atoms with Crippen molar-refractivity contribution in [3.63, 3.8) is 0 Å². The molecule has 0 radical (unpaired) electrons. The van der Waals surface area contributed by atoms with E-state index < -0.39 is 15.9 Å². The van der Waals surface area contributed by atoms with Crippen molar-refractivity contribution in [3.8, 4) is 11.5 Å². The second-order valence-electron chi connectivity index (χ2n) is 6.97. The van der Waals surface area contributed by atoms with E-state index in [-0.39, 0.29) is 16.1 Å². The Bertz CT molecular complexity index is 1380. The number of hydrogen-bond donors (Lipinski definition) is 2. The smallest absolute Gasteiger partial charge is 0.261 e. The van der Waals surface area contributed by atoms with Crippen LogP contribution in [0.15, 0.2) is 108 Å². The number of para-hydroxylation sites is 4. The van der Waals surface area contributed by atoms with Crippen molar-refractivity contribution in [2.24, 2.45) is 0 Å². The van der Waals surface area contributed by atoms with Gasteiger partial charge in [-0.25, -0.2) is 8.42 Å². The van der Waals surface area contributed by atoms with Crippen LogP contribution in [0.25, 0.3) is 0 Å². The number of anilines is 2. The number of sulfonamides is 1. The first-order valence-electron chi connectivity index (χ1n) is 9.93. The number of ether oxygens (including phenoxy) is 1. The molecule has 8 heteroatoms. The second kappa shape index (κ2) is 9.77. The summed E-state index contributed by atoms with van der Waals surface area (Å²) in [4.78, 5) is 13.1. The van der Waals surface area contributed by atoms with Crippen LogP contribution in [0.5, 0.6) is 11.5 Å². The lowest BCUT2D eigenvalue weighted by Crippen LogP contribution is -2.18. The molecule has 0 saturated carbocycles. The largest absolute Gasteiger partial charge is 0.455 e. The van der Waals surface area contributed by atoms with Crippen LogP contribution in [-0.4, -0.2) is 14.3 Å². The zero-order valence-corrected chi connectivity index (χ0v) is 18.8. The lowest BCUT2D eigenvalue weighted by atomic mass is 10.1. The number of hydrogen-bond acceptors (Lipinski definition) is 4. The van der Waals surface area contributed by atoms with Crippen molar-refractivity contribution in [1.29, 1.82) is 0 Å². The molecule has 0 aliphatic rings. The van der Waals surface area contributed by atoms with Crippen molar-refractivity contribution >= 4 is 38.9 Å². The molecule has 0 saturated heterocycles. The number of carbonyl (C=O) groups excluding carboxylic acids is 1. The van der Waals surface area contributed by atoms with Gasteiger partial charge in [0.2, 0.25) is 0 Å². The van der Waals surface area contributed by atoms with Crippen LogP contribution in [-0.2, 0) is 10.0 Å². The zero-order chi connectivity index (χ0) is 23.3. The normalized spacial score (nSPS) is 10.9. The maximum Gasteiger partial charge on any atom is 0.261 e. The first-order chi connectivity index (χ1) is 15.9. The predicted molar refractivity (Wildman–Crippen MR) is 130 cm³/mol. The van der Waals surface area contributed by atoms with Gasteiger partial charge in [0.15, 0.2) is 5.75 Å². The number of amides is 1. The van der Waals surface area contributed by atoms with Crippen molar-refractivity contribution in [2.45, 2.75) is 4.90 Å². The summed E-state index contributed by atoms with van der Waals surface area (Å²) in [5.41, 5.74) is 0.748. The third kappa shape index (κ3) is 5.52. The second-order valence-corrected chi connectivity index (χ2v) is 9.09. The first kappa shape index (κ1) is 22.4. The minimum atomic E-state index is -3.92. The highest BCUT2D eigenvalue weighted by molar-refractivity contribution is 7.92. The molecule has 0 unspecified atom stereocenters. The molecule has 4 rings (SSSR count). The van der Waals surface area contributed by atoms with Crippen LogP contribution in [0, 0.1) is 0 Å². The fraction of sp³-hybridized carbons (Fsp3) is 0. The van der Waals surface area contributed by atoms with Gasteiger partial charge >= 0.3 is 0 Å². The summed E-state index contributed by atoms with van der Waals surface area (Å²) >= 11 is 5.85. The Morgan fingerprint density at radius 2 is 1.33 bits per heavy atom. The van der Waals surface area contributed by atoms with Crippen LogP contribution < -0.4 is 14.8 Å². The van der Waals surface area contributed by atoms with Gasteiger partial charge in [0.1, 0.15) is 5.75 Å². The van der Waals surface area contributed by atoms with E-state index in [1.54, 1.807) is 48.5 Å². The Morgan fingerprint density at radius 1 is 0.727 bits per heavy atom. The fourth-order valence-electron chi connectivity index (χ4n) is 3.05. The molecule has 6 nitrogen and oxygen atoms in total. The molecule has 0 aliphatic heterocycles. The Balaban J connectivity index is 1.58. The van der Waals surface area contributed by atoms with Gasteiger partial charge in [-0.3, -0.25) is 9.52 Å². The van der Waals surface area contributed by atoms with E-state index in [4.69, 9.17) is 16.3 Å². The van der Waals surface area contributed by atoms with E-state index >= 15 is 0 Å². The van der Waals surface area contributed by atoms with Gasteiger partial charge in [0.05, 0.1) is 21.8 Å². The molecule has 4 aromatic rings. The summed E-state index contributed by atoms with van der Waals surface area (Å²) < 4.78 is 34.0. The van der Waals surface area contributed by atoms with Gasteiger partial charge in [-0.2, -0.15) is 0 Å². The molecule has 0 bridgehead atoms. The average Bonchev–Trinajstić information content (AvgIpc) is 2.81. The van der Waals surface area contributed by atoms with Gasteiger partial charge in [-0.1, -0.05) is 54.1 Å². The van der Waals surface area contributed by atoms with E-state index in [9.17, 15) is 13.2 Å². The van der Waals surface area contributed by atoms with Gasteiger partial charge in [0, 0.05) is 5.02 Å². The number of rotatable bonds is 7. The Hall–Kier alpha value is -3.81. The Kier molecular flexibility index (Phi) is 6.63. The molecule has 0 spiro atoms. The summed E-state index contributed by atoms with van der Waals surface area (Å²) in [5.74, 6) is 0.583. The van der Waals surface area contributed by atoms with E-state index in [0.717, 1.165) is 0 Å². The molecule has 0 fully saturated rings. The first-order valence-corrected chi connectivity index (χ1v) is 11.8. The predicted octanol–water partition coefficient (Wildman–Crippen LogP) is 6.19. The molecule has 0 atom stereocenters. The average molecular weight is 479 g/mol. The van der Waals surface area contributed by atoms with Crippen LogP contribution in [0.3, 0.4) is 0 Å². The van der Waals surface area contributed by atoms with Crippen molar-refractivity contribution < 1.29 is 17.9 Å². The maximum atomic E-state index is 13.1. The lowest BCUT2D eigenvalue weighted by molar-refractivity contribution is 0.102. The minimum Gasteiger partial charge on any atom is -0.455 e. The quantitative estimate of drug-likeness (QED) is 0.332. The molecule has 0 aromatic heterocycles. The third-order valence-corrected chi connectivity index (χ3v) is 6.28. The lowest BCUT2D eigenvalue weighted by Gasteiger charge is -2.15. The van der Waals surface area contributed by atoms with Crippen molar-refractivity contribution in [3.05, 3.63) is 114 Å². The molecule has 33 heavy (non-hydrogen) atoms. The molecule has 2 N–H and O–H groups in total. The maximum absolute atomic E-state index is 13.1. The highest BCUT2D eigenvalue weighted by Gasteiger charge is 2.19. The number of halogens is 1. The van der Waals surface area contributed by atoms with E-state index in [2.05, 4.69) is 10.0 Å². The highest BCUT2D eigenvalue weighted by Crippen LogP contribution is 2.30. The summed E-state index contributed by atoms with van der Waals surface area (Å²) in [6, 6.07) is 28.3. The zero-order valence-electron chi connectivity index (χ0n) is 17.2. The van der Waals surface area contributed by atoms with Crippen molar-refractivity contribution in [2.75, 3.05) is 10.0 Å². The van der Waals surface area contributed by atoms with Crippen LogP contribution >= 0.6 is 11.6 Å². The monoisotopic (exact) mass is 478 g/mol.